The van der Waals surface area contributed by atoms with Crippen LogP contribution in [-0.2, 0) is 9.47 Å². The van der Waals surface area contributed by atoms with E-state index in [4.69, 9.17) is 14.7 Å². The average Bonchev–Trinajstić information content (AvgIpc) is 2.26. The van der Waals surface area contributed by atoms with Crippen LogP contribution in [0.1, 0.15) is 12.8 Å². The molecule has 80 valence electrons. The Morgan fingerprint density at radius 2 is 2.57 bits per heavy atom. The summed E-state index contributed by atoms with van der Waals surface area (Å²) in [6.45, 7) is 2.92. The highest BCUT2D eigenvalue weighted by molar-refractivity contribution is 4.95. The fraction of sp³-hybridized carbons (Fsp3) is 0.900. The van der Waals surface area contributed by atoms with E-state index in [1.165, 1.54) is 0 Å². The van der Waals surface area contributed by atoms with Crippen molar-refractivity contribution in [2.75, 3.05) is 33.5 Å². The molecule has 0 aliphatic carbocycles. The summed E-state index contributed by atoms with van der Waals surface area (Å²) in [6, 6.07) is 2.19. The van der Waals surface area contributed by atoms with Gasteiger partial charge in [-0.15, -0.1) is 0 Å². The Hall–Kier alpha value is -0.630. The molecule has 0 spiro atoms. The Bertz CT molecular complexity index is 185. The van der Waals surface area contributed by atoms with E-state index < -0.39 is 0 Å². The van der Waals surface area contributed by atoms with Gasteiger partial charge in [0.2, 0.25) is 0 Å². The van der Waals surface area contributed by atoms with Crippen molar-refractivity contribution in [1.29, 1.82) is 5.26 Å². The van der Waals surface area contributed by atoms with Crippen LogP contribution in [-0.4, -0.2) is 39.5 Å². The number of nitrogens with zero attached hydrogens (tertiary/aromatic N) is 1. The quantitative estimate of drug-likeness (QED) is 0.655. The first-order valence-electron chi connectivity index (χ1n) is 5.08. The molecular formula is C10H18N2O2. The van der Waals surface area contributed by atoms with Crippen molar-refractivity contribution in [3.8, 4) is 6.07 Å². The molecule has 1 saturated heterocycles. The molecular weight excluding hydrogens is 180 g/mol. The second-order valence-electron chi connectivity index (χ2n) is 3.53. The maximum Gasteiger partial charge on any atom is 0.100 e. The normalized spacial score (nSPS) is 24.1. The zero-order valence-corrected chi connectivity index (χ0v) is 8.66. The molecule has 0 aromatic rings. The number of rotatable bonds is 5. The molecule has 1 aliphatic heterocycles. The first-order valence-corrected chi connectivity index (χ1v) is 5.08. The Balaban J connectivity index is 2.25. The lowest BCUT2D eigenvalue weighted by Gasteiger charge is -2.26. The molecule has 4 nitrogen and oxygen atoms in total. The molecule has 0 bridgehead atoms. The van der Waals surface area contributed by atoms with E-state index in [0.717, 1.165) is 26.0 Å². The highest BCUT2D eigenvalue weighted by Gasteiger charge is 2.23. The molecule has 1 fully saturated rings. The third kappa shape index (κ3) is 3.62. The largest absolute Gasteiger partial charge is 0.383 e. The molecule has 0 aromatic heterocycles. The van der Waals surface area contributed by atoms with E-state index >= 15 is 0 Å². The van der Waals surface area contributed by atoms with Gasteiger partial charge in [0.15, 0.2) is 0 Å². The number of hydrogen-bond donors (Lipinski definition) is 1. The molecule has 0 radical (unpaired) electrons. The summed E-state index contributed by atoms with van der Waals surface area (Å²) in [6.07, 6.45) is 2.15. The van der Waals surface area contributed by atoms with E-state index in [2.05, 4.69) is 11.4 Å². The van der Waals surface area contributed by atoms with Crippen molar-refractivity contribution in [2.45, 2.75) is 18.9 Å². The molecule has 4 heteroatoms. The van der Waals surface area contributed by atoms with Gasteiger partial charge in [0, 0.05) is 26.2 Å². The second-order valence-corrected chi connectivity index (χ2v) is 3.53. The van der Waals surface area contributed by atoms with Crippen LogP contribution >= 0.6 is 0 Å². The monoisotopic (exact) mass is 198 g/mol. The SMILES string of the molecule is COCCNC(C#N)C1CCCOC1. The summed E-state index contributed by atoms with van der Waals surface area (Å²) < 4.78 is 10.3. The first-order chi connectivity index (χ1) is 6.88. The smallest absolute Gasteiger partial charge is 0.100 e. The minimum Gasteiger partial charge on any atom is -0.383 e. The Morgan fingerprint density at radius 1 is 1.71 bits per heavy atom. The number of nitrogens with one attached hydrogen (secondary N) is 1. The van der Waals surface area contributed by atoms with Gasteiger partial charge >= 0.3 is 0 Å². The molecule has 2 atom stereocenters. The van der Waals surface area contributed by atoms with Crippen molar-refractivity contribution in [3.63, 3.8) is 0 Å². The van der Waals surface area contributed by atoms with Crippen molar-refractivity contribution in [2.24, 2.45) is 5.92 Å². The lowest BCUT2D eigenvalue weighted by molar-refractivity contribution is 0.0458. The molecule has 1 N–H and O–H groups in total. The van der Waals surface area contributed by atoms with Crippen molar-refractivity contribution in [1.82, 2.24) is 5.32 Å². The minimum atomic E-state index is -0.0922. The van der Waals surface area contributed by atoms with Gasteiger partial charge in [0.05, 0.1) is 19.3 Å². The van der Waals surface area contributed by atoms with Gasteiger partial charge in [0.1, 0.15) is 6.04 Å². The topological polar surface area (TPSA) is 54.3 Å². The Morgan fingerprint density at radius 3 is 3.14 bits per heavy atom. The molecule has 1 aliphatic rings. The standard InChI is InChI=1S/C10H18N2O2/c1-13-6-4-12-10(7-11)9-3-2-5-14-8-9/h9-10,12H,2-6,8H2,1H3. The van der Waals surface area contributed by atoms with Gasteiger partial charge in [0.25, 0.3) is 0 Å². The molecule has 14 heavy (non-hydrogen) atoms. The predicted octanol–water partition coefficient (Wildman–Crippen LogP) is 0.541. The fourth-order valence-electron chi connectivity index (χ4n) is 1.66. The second kappa shape index (κ2) is 6.77. The van der Waals surface area contributed by atoms with Crippen LogP contribution in [0, 0.1) is 17.2 Å². The zero-order chi connectivity index (χ0) is 10.2. The van der Waals surface area contributed by atoms with Gasteiger partial charge in [-0.05, 0) is 12.8 Å². The van der Waals surface area contributed by atoms with Crippen LogP contribution in [0.25, 0.3) is 0 Å². The lowest BCUT2D eigenvalue weighted by Crippen LogP contribution is -2.40. The van der Waals surface area contributed by atoms with E-state index in [-0.39, 0.29) is 6.04 Å². The van der Waals surface area contributed by atoms with E-state index in [1.807, 2.05) is 0 Å². The summed E-state index contributed by atoms with van der Waals surface area (Å²) in [4.78, 5) is 0. The third-order valence-corrected chi connectivity index (χ3v) is 2.48. The van der Waals surface area contributed by atoms with Gasteiger partial charge in [-0.3, -0.25) is 5.32 Å². The molecule has 1 rings (SSSR count). The molecule has 0 amide bonds. The summed E-state index contributed by atoms with van der Waals surface area (Å²) in [5.74, 6) is 0.339. The van der Waals surface area contributed by atoms with Gasteiger partial charge in [-0.1, -0.05) is 0 Å². The minimum absolute atomic E-state index is 0.0922. The molecule has 2 unspecified atom stereocenters. The molecule has 0 aromatic carbocycles. The van der Waals surface area contributed by atoms with Gasteiger partial charge in [-0.2, -0.15) is 5.26 Å². The zero-order valence-electron chi connectivity index (χ0n) is 8.66. The van der Waals surface area contributed by atoms with Crippen molar-refractivity contribution < 1.29 is 9.47 Å². The van der Waals surface area contributed by atoms with Gasteiger partial charge in [-0.25, -0.2) is 0 Å². The number of nitriles is 1. The number of ether oxygens (including phenoxy) is 2. The maximum atomic E-state index is 8.97. The summed E-state index contributed by atoms with van der Waals surface area (Å²) in [5, 5.41) is 12.1. The van der Waals surface area contributed by atoms with Crippen LogP contribution in [0.3, 0.4) is 0 Å². The highest BCUT2D eigenvalue weighted by Crippen LogP contribution is 2.16. The maximum absolute atomic E-state index is 8.97. The predicted molar refractivity (Wildman–Crippen MR) is 52.8 cm³/mol. The van der Waals surface area contributed by atoms with Crippen LogP contribution < -0.4 is 5.32 Å². The fourth-order valence-corrected chi connectivity index (χ4v) is 1.66. The van der Waals surface area contributed by atoms with Crippen LogP contribution in [0.5, 0.6) is 0 Å². The van der Waals surface area contributed by atoms with Gasteiger partial charge < -0.3 is 9.47 Å². The summed E-state index contributed by atoms with van der Waals surface area (Å²) >= 11 is 0. The molecule has 1 heterocycles. The number of methoxy groups -OCH3 is 1. The Kier molecular flexibility index (Phi) is 5.53. The van der Waals surface area contributed by atoms with Crippen molar-refractivity contribution in [3.05, 3.63) is 0 Å². The lowest BCUT2D eigenvalue weighted by atomic mass is 9.95. The third-order valence-electron chi connectivity index (χ3n) is 2.48. The highest BCUT2D eigenvalue weighted by atomic mass is 16.5. The van der Waals surface area contributed by atoms with E-state index in [1.54, 1.807) is 7.11 Å². The van der Waals surface area contributed by atoms with Crippen LogP contribution in [0.2, 0.25) is 0 Å². The number of hydrogen-bond acceptors (Lipinski definition) is 4. The first kappa shape index (κ1) is 11.4. The average molecular weight is 198 g/mol. The van der Waals surface area contributed by atoms with E-state index in [9.17, 15) is 0 Å². The Labute approximate surface area is 85.2 Å². The summed E-state index contributed by atoms with van der Waals surface area (Å²) in [5.41, 5.74) is 0. The van der Waals surface area contributed by atoms with Crippen LogP contribution in [0.4, 0.5) is 0 Å². The molecule has 0 saturated carbocycles. The van der Waals surface area contributed by atoms with Crippen LogP contribution in [0.15, 0.2) is 0 Å². The summed E-state index contributed by atoms with van der Waals surface area (Å²) in [7, 11) is 1.66. The van der Waals surface area contributed by atoms with Crippen molar-refractivity contribution >= 4 is 0 Å². The van der Waals surface area contributed by atoms with E-state index in [0.29, 0.717) is 19.1 Å².